The number of thioether (sulfide) groups is 1. The number of alkyl halides is 3. The molecule has 0 amide bonds. The molecule has 0 aromatic carbocycles. The highest BCUT2D eigenvalue weighted by molar-refractivity contribution is 7.99. The van der Waals surface area contributed by atoms with Gasteiger partial charge in [-0.1, -0.05) is 6.92 Å². The smallest absolute Gasteiger partial charge is 0.370 e. The van der Waals surface area contributed by atoms with Crippen molar-refractivity contribution in [2.24, 2.45) is 0 Å². The molecule has 0 aliphatic carbocycles. The molecule has 0 radical (unpaired) electrons. The van der Waals surface area contributed by atoms with Crippen LogP contribution < -0.4 is 5.32 Å². The van der Waals surface area contributed by atoms with Crippen molar-refractivity contribution in [3.05, 3.63) is 23.9 Å². The summed E-state index contributed by atoms with van der Waals surface area (Å²) in [5, 5.41) is 2.73. The van der Waals surface area contributed by atoms with E-state index >= 15 is 0 Å². The van der Waals surface area contributed by atoms with E-state index in [-0.39, 0.29) is 5.82 Å². The zero-order chi connectivity index (χ0) is 12.7. The Morgan fingerprint density at radius 2 is 2.18 bits per heavy atom. The van der Waals surface area contributed by atoms with Crippen molar-refractivity contribution in [1.82, 2.24) is 4.98 Å². The van der Waals surface area contributed by atoms with E-state index in [1.807, 2.05) is 0 Å². The highest BCUT2D eigenvalue weighted by Crippen LogP contribution is 2.33. The number of rotatable bonds is 6. The number of anilines is 1. The van der Waals surface area contributed by atoms with Crippen LogP contribution in [0.4, 0.5) is 19.0 Å². The Morgan fingerprint density at radius 3 is 2.82 bits per heavy atom. The molecule has 0 fully saturated rings. The highest BCUT2D eigenvalue weighted by Gasteiger charge is 2.33. The standard InChI is InChI=1S/C11H15F3N2S/c1-2-17-8-4-7-16-10-9(11(12,13)14)5-3-6-15-10/h3,5-6H,2,4,7-8H2,1H3,(H,15,16). The van der Waals surface area contributed by atoms with Crippen LogP contribution in [0.5, 0.6) is 0 Å². The Labute approximate surface area is 103 Å². The molecule has 0 unspecified atom stereocenters. The molecule has 1 rings (SSSR count). The summed E-state index contributed by atoms with van der Waals surface area (Å²) in [5.74, 6) is 1.89. The van der Waals surface area contributed by atoms with E-state index in [9.17, 15) is 13.2 Å². The molecule has 1 N–H and O–H groups in total. The van der Waals surface area contributed by atoms with Gasteiger partial charge in [-0.3, -0.25) is 0 Å². The van der Waals surface area contributed by atoms with Gasteiger partial charge in [0.1, 0.15) is 5.82 Å². The highest BCUT2D eigenvalue weighted by atomic mass is 32.2. The SMILES string of the molecule is CCSCCCNc1ncccc1C(F)(F)F. The van der Waals surface area contributed by atoms with Crippen molar-refractivity contribution in [2.45, 2.75) is 19.5 Å². The molecule has 2 nitrogen and oxygen atoms in total. The van der Waals surface area contributed by atoms with E-state index in [1.54, 1.807) is 11.8 Å². The maximum atomic E-state index is 12.6. The number of pyridine rings is 1. The Hall–Kier alpha value is -0.910. The number of hydrogen-bond acceptors (Lipinski definition) is 3. The fraction of sp³-hybridized carbons (Fsp3) is 0.545. The molecule has 0 atom stereocenters. The molecule has 6 heteroatoms. The van der Waals surface area contributed by atoms with E-state index in [0.29, 0.717) is 6.54 Å². The van der Waals surface area contributed by atoms with Crippen LogP contribution in [0, 0.1) is 0 Å². The number of aromatic nitrogens is 1. The van der Waals surface area contributed by atoms with Gasteiger partial charge in [-0.05, 0) is 30.1 Å². The van der Waals surface area contributed by atoms with E-state index in [0.717, 1.165) is 24.0 Å². The summed E-state index contributed by atoms with van der Waals surface area (Å²) in [5.41, 5.74) is -0.705. The van der Waals surface area contributed by atoms with Crippen LogP contribution in [0.25, 0.3) is 0 Å². The van der Waals surface area contributed by atoms with E-state index in [2.05, 4.69) is 17.2 Å². The van der Waals surface area contributed by atoms with Gasteiger partial charge in [0.15, 0.2) is 0 Å². The van der Waals surface area contributed by atoms with E-state index in [1.165, 1.54) is 12.3 Å². The molecule has 96 valence electrons. The molecule has 17 heavy (non-hydrogen) atoms. The first kappa shape index (κ1) is 14.2. The summed E-state index contributed by atoms with van der Waals surface area (Å²) in [7, 11) is 0. The average molecular weight is 264 g/mol. The fourth-order valence-electron chi connectivity index (χ4n) is 1.30. The predicted octanol–water partition coefficient (Wildman–Crippen LogP) is 3.66. The molecule has 0 saturated heterocycles. The van der Waals surface area contributed by atoms with Crippen molar-refractivity contribution in [1.29, 1.82) is 0 Å². The third kappa shape index (κ3) is 4.85. The van der Waals surface area contributed by atoms with Gasteiger partial charge in [0.05, 0.1) is 5.56 Å². The molecular formula is C11H15F3N2S. The molecule has 0 spiro atoms. The van der Waals surface area contributed by atoms with Gasteiger partial charge in [0, 0.05) is 12.7 Å². The zero-order valence-corrected chi connectivity index (χ0v) is 10.4. The summed E-state index contributed by atoms with van der Waals surface area (Å²) < 4.78 is 37.8. The Kier molecular flexibility index (Phi) is 5.61. The monoisotopic (exact) mass is 264 g/mol. The van der Waals surface area contributed by atoms with Crippen molar-refractivity contribution >= 4 is 17.6 Å². The van der Waals surface area contributed by atoms with Crippen LogP contribution in [0.2, 0.25) is 0 Å². The topological polar surface area (TPSA) is 24.9 Å². The third-order valence-corrected chi connectivity index (χ3v) is 3.06. The minimum Gasteiger partial charge on any atom is -0.370 e. The Morgan fingerprint density at radius 1 is 1.41 bits per heavy atom. The first-order valence-corrected chi connectivity index (χ1v) is 6.55. The molecule has 1 aromatic heterocycles. The lowest BCUT2D eigenvalue weighted by Gasteiger charge is -2.12. The second kappa shape index (κ2) is 6.74. The Balaban J connectivity index is 2.53. The van der Waals surface area contributed by atoms with Gasteiger partial charge in [-0.15, -0.1) is 0 Å². The van der Waals surface area contributed by atoms with Gasteiger partial charge in [0.25, 0.3) is 0 Å². The summed E-state index contributed by atoms with van der Waals surface area (Å²) >= 11 is 1.77. The largest absolute Gasteiger partial charge is 0.419 e. The summed E-state index contributed by atoms with van der Waals surface area (Å²) in [6.07, 6.45) is -2.17. The van der Waals surface area contributed by atoms with Gasteiger partial charge in [0.2, 0.25) is 0 Å². The van der Waals surface area contributed by atoms with E-state index in [4.69, 9.17) is 0 Å². The molecule has 0 bridgehead atoms. The van der Waals surface area contributed by atoms with Gasteiger partial charge in [-0.25, -0.2) is 4.98 Å². The number of hydrogen-bond donors (Lipinski definition) is 1. The molecule has 0 aliphatic heterocycles. The van der Waals surface area contributed by atoms with Gasteiger partial charge in [-0.2, -0.15) is 24.9 Å². The van der Waals surface area contributed by atoms with Gasteiger partial charge < -0.3 is 5.32 Å². The van der Waals surface area contributed by atoms with Crippen molar-refractivity contribution in [3.63, 3.8) is 0 Å². The minimum atomic E-state index is -4.35. The second-order valence-electron chi connectivity index (χ2n) is 3.37. The number of nitrogens with zero attached hydrogens (tertiary/aromatic N) is 1. The Bertz CT molecular complexity index is 342. The van der Waals surface area contributed by atoms with Crippen LogP contribution >= 0.6 is 11.8 Å². The lowest BCUT2D eigenvalue weighted by atomic mass is 10.2. The van der Waals surface area contributed by atoms with Crippen molar-refractivity contribution in [2.75, 3.05) is 23.4 Å². The molecule has 1 heterocycles. The van der Waals surface area contributed by atoms with Gasteiger partial charge >= 0.3 is 6.18 Å². The number of nitrogens with one attached hydrogen (secondary N) is 1. The molecule has 0 saturated carbocycles. The lowest BCUT2D eigenvalue weighted by molar-refractivity contribution is -0.137. The number of halogens is 3. The maximum absolute atomic E-state index is 12.6. The van der Waals surface area contributed by atoms with Crippen LogP contribution in [-0.2, 0) is 6.18 Å². The molecule has 1 aromatic rings. The lowest BCUT2D eigenvalue weighted by Crippen LogP contribution is -2.13. The summed E-state index contributed by atoms with van der Waals surface area (Å²) in [6.45, 7) is 2.56. The van der Waals surface area contributed by atoms with Crippen LogP contribution in [0.1, 0.15) is 18.9 Å². The molecule has 0 aliphatic rings. The van der Waals surface area contributed by atoms with Crippen molar-refractivity contribution in [3.8, 4) is 0 Å². The predicted molar refractivity (Wildman–Crippen MR) is 65.3 cm³/mol. The summed E-state index contributed by atoms with van der Waals surface area (Å²) in [4.78, 5) is 3.73. The fourth-order valence-corrected chi connectivity index (χ4v) is 1.94. The van der Waals surface area contributed by atoms with Crippen LogP contribution in [0.15, 0.2) is 18.3 Å². The zero-order valence-electron chi connectivity index (χ0n) is 9.55. The van der Waals surface area contributed by atoms with E-state index < -0.39 is 11.7 Å². The van der Waals surface area contributed by atoms with Crippen LogP contribution in [0.3, 0.4) is 0 Å². The van der Waals surface area contributed by atoms with Crippen LogP contribution in [-0.4, -0.2) is 23.0 Å². The third-order valence-electron chi connectivity index (χ3n) is 2.08. The summed E-state index contributed by atoms with van der Waals surface area (Å²) in [6, 6.07) is 2.33. The molecular weight excluding hydrogens is 249 g/mol. The quantitative estimate of drug-likeness (QED) is 0.794. The minimum absolute atomic E-state index is 0.0819. The first-order valence-electron chi connectivity index (χ1n) is 5.39. The van der Waals surface area contributed by atoms with Crippen molar-refractivity contribution < 1.29 is 13.2 Å². The maximum Gasteiger partial charge on any atom is 0.419 e. The average Bonchev–Trinajstić information content (AvgIpc) is 2.28. The second-order valence-corrected chi connectivity index (χ2v) is 4.77. The first-order chi connectivity index (χ1) is 8.05. The normalized spacial score (nSPS) is 11.5.